The highest BCUT2D eigenvalue weighted by atomic mass is 35.5. The Kier molecular flexibility index (Phi) is 4.29. The zero-order chi connectivity index (χ0) is 15.5. The van der Waals surface area contributed by atoms with Gasteiger partial charge in [-0.15, -0.1) is 0 Å². The first kappa shape index (κ1) is 14.8. The highest BCUT2D eigenvalue weighted by Crippen LogP contribution is 2.28. The normalized spacial score (nSPS) is 10.6. The molecule has 1 heterocycles. The van der Waals surface area contributed by atoms with Crippen LogP contribution in [0.15, 0.2) is 48.5 Å². The van der Waals surface area contributed by atoms with Crippen LogP contribution in [0.4, 0.5) is 11.4 Å². The Morgan fingerprint density at radius 2 is 1.82 bits per heavy atom. The molecule has 0 aliphatic carbocycles. The summed E-state index contributed by atoms with van der Waals surface area (Å²) < 4.78 is 0. The Labute approximate surface area is 138 Å². The van der Waals surface area contributed by atoms with E-state index < -0.39 is 0 Å². The lowest BCUT2D eigenvalue weighted by molar-refractivity contribution is 0.278. The summed E-state index contributed by atoms with van der Waals surface area (Å²) in [5.74, 6) is 0. The van der Waals surface area contributed by atoms with Crippen molar-refractivity contribution in [1.82, 2.24) is 4.98 Å². The average molecular weight is 332 g/mol. The number of rotatable bonds is 3. The Bertz CT molecular complexity index is 814. The Morgan fingerprint density at radius 3 is 2.55 bits per heavy atom. The van der Waals surface area contributed by atoms with Crippen molar-refractivity contribution in [3.63, 3.8) is 0 Å². The van der Waals surface area contributed by atoms with Crippen molar-refractivity contribution in [2.24, 2.45) is 0 Å². The van der Waals surface area contributed by atoms with Gasteiger partial charge in [-0.2, -0.15) is 0 Å². The van der Waals surface area contributed by atoms with Crippen LogP contribution in [0, 0.1) is 0 Å². The molecule has 0 bridgehead atoms. The number of aromatic amines is 1. The molecule has 4 N–H and O–H groups in total. The van der Waals surface area contributed by atoms with E-state index in [4.69, 9.17) is 23.8 Å². The predicted octanol–water partition coefficient (Wildman–Crippen LogP) is 4.12. The van der Waals surface area contributed by atoms with E-state index in [1.54, 1.807) is 12.1 Å². The predicted molar refractivity (Wildman–Crippen MR) is 95.5 cm³/mol. The number of anilines is 2. The molecule has 4 nitrogen and oxygen atoms in total. The summed E-state index contributed by atoms with van der Waals surface area (Å²) in [5, 5.41) is 17.8. The van der Waals surface area contributed by atoms with E-state index in [-0.39, 0.29) is 6.61 Å². The van der Waals surface area contributed by atoms with Crippen LogP contribution in [0.1, 0.15) is 5.69 Å². The zero-order valence-corrected chi connectivity index (χ0v) is 13.1. The number of aliphatic hydroxyl groups excluding tert-OH is 1. The first-order valence-corrected chi connectivity index (χ1v) is 7.50. The van der Waals surface area contributed by atoms with Gasteiger partial charge in [-0.1, -0.05) is 29.8 Å². The third kappa shape index (κ3) is 3.06. The maximum absolute atomic E-state index is 9.50. The summed E-state index contributed by atoms with van der Waals surface area (Å²) in [6.45, 7) is -0.0967. The van der Waals surface area contributed by atoms with Gasteiger partial charge in [0.05, 0.1) is 18.0 Å². The van der Waals surface area contributed by atoms with Gasteiger partial charge in [0.15, 0.2) is 5.11 Å². The van der Waals surface area contributed by atoms with Gasteiger partial charge >= 0.3 is 0 Å². The largest absolute Gasteiger partial charge is 0.390 e. The van der Waals surface area contributed by atoms with Crippen LogP contribution in [0.5, 0.6) is 0 Å². The molecule has 0 saturated carbocycles. The molecule has 2 aromatic carbocycles. The van der Waals surface area contributed by atoms with E-state index in [0.29, 0.717) is 15.8 Å². The zero-order valence-electron chi connectivity index (χ0n) is 11.6. The van der Waals surface area contributed by atoms with Gasteiger partial charge in [-0.3, -0.25) is 0 Å². The molecule has 0 amide bonds. The Hall–Kier alpha value is -2.08. The second-order valence-corrected chi connectivity index (χ2v) is 5.61. The van der Waals surface area contributed by atoms with Crippen LogP contribution >= 0.6 is 23.8 Å². The third-order valence-corrected chi connectivity index (χ3v) is 3.74. The van der Waals surface area contributed by atoms with Crippen molar-refractivity contribution in [1.29, 1.82) is 0 Å². The third-order valence-electron chi connectivity index (χ3n) is 3.28. The quantitative estimate of drug-likeness (QED) is 0.545. The minimum atomic E-state index is -0.0967. The summed E-state index contributed by atoms with van der Waals surface area (Å²) in [6.07, 6.45) is 0. The van der Waals surface area contributed by atoms with Gasteiger partial charge in [0.1, 0.15) is 0 Å². The van der Waals surface area contributed by atoms with Crippen LogP contribution in [-0.4, -0.2) is 15.2 Å². The van der Waals surface area contributed by atoms with Crippen LogP contribution < -0.4 is 10.6 Å². The fraction of sp³-hybridized carbons (Fsp3) is 0.0625. The number of nitrogens with one attached hydrogen (secondary N) is 3. The summed E-state index contributed by atoms with van der Waals surface area (Å²) in [6, 6.07) is 15.1. The van der Waals surface area contributed by atoms with Crippen molar-refractivity contribution in [3.8, 4) is 0 Å². The lowest BCUT2D eigenvalue weighted by Gasteiger charge is -2.11. The van der Waals surface area contributed by atoms with E-state index in [9.17, 15) is 5.11 Å². The van der Waals surface area contributed by atoms with Gasteiger partial charge in [0, 0.05) is 21.6 Å². The van der Waals surface area contributed by atoms with Crippen LogP contribution in [0.2, 0.25) is 5.02 Å². The highest BCUT2D eigenvalue weighted by Gasteiger charge is 2.11. The molecule has 3 rings (SSSR count). The SMILES string of the molecule is OCc1[nH]c2ccccc2c1NC(=S)Nc1ccc(Cl)cc1. The van der Waals surface area contributed by atoms with Gasteiger partial charge < -0.3 is 20.7 Å². The van der Waals surface area contributed by atoms with Gasteiger partial charge in [0.2, 0.25) is 0 Å². The monoisotopic (exact) mass is 331 g/mol. The molecule has 0 radical (unpaired) electrons. The molecule has 0 aliphatic heterocycles. The van der Waals surface area contributed by atoms with E-state index >= 15 is 0 Å². The number of aromatic nitrogens is 1. The maximum Gasteiger partial charge on any atom is 0.175 e. The molecule has 0 spiro atoms. The number of fused-ring (bicyclic) bond motifs is 1. The first-order chi connectivity index (χ1) is 10.7. The fourth-order valence-corrected chi connectivity index (χ4v) is 2.61. The smallest absolute Gasteiger partial charge is 0.175 e. The molecule has 0 fully saturated rings. The van der Waals surface area contributed by atoms with Gasteiger partial charge in [-0.05, 0) is 42.5 Å². The average Bonchev–Trinajstić information content (AvgIpc) is 2.87. The minimum Gasteiger partial charge on any atom is -0.390 e. The topological polar surface area (TPSA) is 60.1 Å². The summed E-state index contributed by atoms with van der Waals surface area (Å²) >= 11 is 11.2. The molecule has 0 aliphatic rings. The van der Waals surface area contributed by atoms with Crippen molar-refractivity contribution >= 4 is 51.2 Å². The number of halogens is 1. The lowest BCUT2D eigenvalue weighted by Crippen LogP contribution is -2.19. The minimum absolute atomic E-state index is 0.0967. The van der Waals surface area contributed by atoms with Crippen LogP contribution in [-0.2, 0) is 6.61 Å². The van der Waals surface area contributed by atoms with E-state index in [1.807, 2.05) is 36.4 Å². The van der Waals surface area contributed by atoms with Crippen molar-refractivity contribution in [2.75, 3.05) is 10.6 Å². The number of hydrogen-bond donors (Lipinski definition) is 4. The second-order valence-electron chi connectivity index (χ2n) is 4.77. The Balaban J connectivity index is 1.83. The number of thiocarbonyl (C=S) groups is 1. The molecule has 3 aromatic rings. The first-order valence-electron chi connectivity index (χ1n) is 6.71. The standard InChI is InChI=1S/C16H14ClN3OS/c17-10-5-7-11(8-6-10)18-16(22)20-15-12-3-1-2-4-13(12)19-14(15)9-21/h1-8,19,21H,9H2,(H2,18,20,22). The molecule has 0 unspecified atom stereocenters. The summed E-state index contributed by atoms with van der Waals surface area (Å²) in [5.41, 5.74) is 3.27. The van der Waals surface area contributed by atoms with Crippen LogP contribution in [0.3, 0.4) is 0 Å². The molecule has 112 valence electrons. The molecule has 0 saturated heterocycles. The van der Waals surface area contributed by atoms with Crippen LogP contribution in [0.25, 0.3) is 10.9 Å². The van der Waals surface area contributed by atoms with Crippen molar-refractivity contribution in [3.05, 3.63) is 59.2 Å². The molecule has 0 atom stereocenters. The van der Waals surface area contributed by atoms with Gasteiger partial charge in [0.25, 0.3) is 0 Å². The number of H-pyrrole nitrogens is 1. The molecule has 22 heavy (non-hydrogen) atoms. The highest BCUT2D eigenvalue weighted by molar-refractivity contribution is 7.80. The maximum atomic E-state index is 9.50. The summed E-state index contributed by atoms with van der Waals surface area (Å²) in [4.78, 5) is 3.17. The molecular formula is C16H14ClN3OS. The van der Waals surface area contributed by atoms with Gasteiger partial charge in [-0.25, -0.2) is 0 Å². The Morgan fingerprint density at radius 1 is 1.09 bits per heavy atom. The summed E-state index contributed by atoms with van der Waals surface area (Å²) in [7, 11) is 0. The van der Waals surface area contributed by atoms with E-state index in [0.717, 1.165) is 22.3 Å². The van der Waals surface area contributed by atoms with Crippen molar-refractivity contribution in [2.45, 2.75) is 6.61 Å². The molecule has 6 heteroatoms. The fourth-order valence-electron chi connectivity index (χ4n) is 2.27. The lowest BCUT2D eigenvalue weighted by atomic mass is 10.2. The second kappa shape index (κ2) is 6.36. The van der Waals surface area contributed by atoms with Crippen molar-refractivity contribution < 1.29 is 5.11 Å². The molecule has 1 aromatic heterocycles. The van der Waals surface area contributed by atoms with E-state index in [2.05, 4.69) is 15.6 Å². The number of hydrogen-bond acceptors (Lipinski definition) is 2. The molecular weight excluding hydrogens is 318 g/mol. The number of aliphatic hydroxyl groups is 1. The number of benzene rings is 2. The van der Waals surface area contributed by atoms with E-state index in [1.165, 1.54) is 0 Å². The number of para-hydroxylation sites is 1.